The van der Waals surface area contributed by atoms with Crippen molar-refractivity contribution in [1.82, 2.24) is 45.1 Å². The first-order valence-electron chi connectivity index (χ1n) is 14.2. The molecule has 2 saturated carbocycles. The number of hydrogen-bond acceptors (Lipinski definition) is 7. The largest absolute Gasteiger partial charge is 0.408 e. The molecule has 3 aromatic heterocycles. The van der Waals surface area contributed by atoms with E-state index < -0.39 is 61.3 Å². The van der Waals surface area contributed by atoms with E-state index in [1.54, 1.807) is 0 Å². The van der Waals surface area contributed by atoms with Crippen LogP contribution in [0.25, 0.3) is 0 Å². The Hall–Kier alpha value is -3.92. The molecule has 0 bridgehead atoms. The quantitative estimate of drug-likeness (QED) is 0.310. The van der Waals surface area contributed by atoms with Gasteiger partial charge in [0.15, 0.2) is 5.82 Å². The molecule has 2 amide bonds. The fraction of sp³-hybridized carbons (Fsp3) is 0.654. The van der Waals surface area contributed by atoms with Crippen LogP contribution in [0.1, 0.15) is 87.2 Å². The van der Waals surface area contributed by atoms with Gasteiger partial charge in [-0.2, -0.15) is 23.4 Å². The van der Waals surface area contributed by atoms with E-state index in [0.717, 1.165) is 12.8 Å². The predicted octanol–water partition coefficient (Wildman–Crippen LogP) is 4.16. The minimum Gasteiger partial charge on any atom is -0.339 e. The number of rotatable bonds is 11. The molecule has 12 nitrogen and oxygen atoms in total. The molecule has 3 heterocycles. The van der Waals surface area contributed by atoms with Crippen LogP contribution in [0, 0.1) is 11.8 Å². The zero-order valence-electron chi connectivity index (χ0n) is 23.6. The summed E-state index contributed by atoms with van der Waals surface area (Å²) in [5, 5.41) is 24.6. The molecule has 0 aliphatic heterocycles. The van der Waals surface area contributed by atoms with Crippen molar-refractivity contribution in [2.45, 2.75) is 95.6 Å². The number of tetrazole rings is 1. The van der Waals surface area contributed by atoms with Crippen molar-refractivity contribution in [3.8, 4) is 0 Å². The molecule has 234 valence electrons. The molecule has 0 aromatic carbocycles. The molecular weight excluding hydrogens is 579 g/mol. The highest BCUT2D eigenvalue weighted by Crippen LogP contribution is 2.40. The Morgan fingerprint density at radius 2 is 1.84 bits per heavy atom. The molecule has 2 aliphatic carbocycles. The van der Waals surface area contributed by atoms with Gasteiger partial charge in [-0.05, 0) is 61.4 Å². The van der Waals surface area contributed by atoms with E-state index in [1.807, 2.05) is 13.8 Å². The van der Waals surface area contributed by atoms with Gasteiger partial charge in [0, 0.05) is 31.3 Å². The van der Waals surface area contributed by atoms with Crippen LogP contribution < -0.4 is 10.6 Å². The summed E-state index contributed by atoms with van der Waals surface area (Å²) in [4.78, 5) is 26.8. The monoisotopic (exact) mass is 612 g/mol. The van der Waals surface area contributed by atoms with E-state index in [0.29, 0.717) is 11.1 Å². The predicted molar refractivity (Wildman–Crippen MR) is 141 cm³/mol. The molecule has 2 N–H and O–H groups in total. The lowest BCUT2D eigenvalue weighted by molar-refractivity contribution is -0.143. The maximum atomic E-state index is 13.9. The van der Waals surface area contributed by atoms with Gasteiger partial charge in [0.25, 0.3) is 5.91 Å². The van der Waals surface area contributed by atoms with Crippen LogP contribution >= 0.6 is 0 Å². The number of alkyl halides is 5. The lowest BCUT2D eigenvalue weighted by atomic mass is 9.81. The Morgan fingerprint density at radius 3 is 2.49 bits per heavy atom. The Balaban J connectivity index is 1.35. The number of nitrogens with one attached hydrogen (secondary N) is 2. The topological polar surface area (TPSA) is 137 Å². The Morgan fingerprint density at radius 1 is 1.12 bits per heavy atom. The standard InChI is InChI=1S/C26H33F5N10O2/c1-15(2)41-19(7-10-32-41)23(42)35-21(17-5-8-25(27,28)9-6-17)24(43)34-18-12-33-39(13-18)20(11-16-3-4-16)22-36-37-38-40(22)14-26(29,30)31/h7,10,12-13,15-17,20-21H,3-6,8-9,11,14H2,1-2H3,(H,34,43)(H,35,42)/t20?,21-/m0/s1. The van der Waals surface area contributed by atoms with Crippen LogP contribution in [0.2, 0.25) is 0 Å². The van der Waals surface area contributed by atoms with Gasteiger partial charge in [-0.3, -0.25) is 19.0 Å². The normalized spacial score (nSPS) is 18.9. The molecule has 5 rings (SSSR count). The molecule has 0 spiro atoms. The van der Waals surface area contributed by atoms with E-state index in [4.69, 9.17) is 0 Å². The number of aromatic nitrogens is 8. The fourth-order valence-electron chi connectivity index (χ4n) is 5.44. The van der Waals surface area contributed by atoms with E-state index in [1.165, 1.54) is 34.0 Å². The molecule has 0 radical (unpaired) electrons. The fourth-order valence-corrected chi connectivity index (χ4v) is 5.44. The number of carbonyl (C=O) groups excluding carboxylic acids is 2. The molecule has 3 aromatic rings. The number of halogens is 5. The lowest BCUT2D eigenvalue weighted by Crippen LogP contribution is -2.50. The number of anilines is 1. The Kier molecular flexibility index (Phi) is 8.51. The van der Waals surface area contributed by atoms with Crippen molar-refractivity contribution >= 4 is 17.5 Å². The number of nitrogens with zero attached hydrogens (tertiary/aromatic N) is 8. The molecular formula is C26H33F5N10O2. The van der Waals surface area contributed by atoms with Crippen LogP contribution in [0.4, 0.5) is 27.6 Å². The van der Waals surface area contributed by atoms with Crippen LogP contribution in [-0.4, -0.2) is 69.7 Å². The van der Waals surface area contributed by atoms with Crippen LogP contribution in [0.3, 0.4) is 0 Å². The van der Waals surface area contributed by atoms with Crippen LogP contribution in [0.5, 0.6) is 0 Å². The van der Waals surface area contributed by atoms with Crippen molar-refractivity contribution in [3.05, 3.63) is 36.2 Å². The maximum absolute atomic E-state index is 13.9. The van der Waals surface area contributed by atoms with Gasteiger partial charge in [-0.15, -0.1) is 5.10 Å². The number of hydrogen-bond donors (Lipinski definition) is 2. The van der Waals surface area contributed by atoms with Gasteiger partial charge in [0.05, 0.1) is 11.9 Å². The summed E-state index contributed by atoms with van der Waals surface area (Å²) in [5.74, 6) is -4.33. The third-order valence-electron chi connectivity index (χ3n) is 7.82. The zero-order valence-corrected chi connectivity index (χ0v) is 23.6. The Labute approximate surface area is 243 Å². The van der Waals surface area contributed by atoms with Gasteiger partial charge in [0.1, 0.15) is 24.3 Å². The van der Waals surface area contributed by atoms with Crippen molar-refractivity contribution in [1.29, 1.82) is 0 Å². The van der Waals surface area contributed by atoms with Gasteiger partial charge < -0.3 is 10.6 Å². The first-order valence-corrected chi connectivity index (χ1v) is 14.2. The SMILES string of the molecule is CC(C)n1nccc1C(=O)N[C@H](C(=O)Nc1cnn(C(CC2CC2)c2nnnn2CC(F)(F)F)c1)C1CCC(F)(F)CC1. The molecule has 2 atom stereocenters. The van der Waals surface area contributed by atoms with Crippen molar-refractivity contribution in [3.63, 3.8) is 0 Å². The second kappa shape index (κ2) is 12.0. The second-order valence-electron chi connectivity index (χ2n) is 11.6. The summed E-state index contributed by atoms with van der Waals surface area (Å²) < 4.78 is 70.9. The van der Waals surface area contributed by atoms with Gasteiger partial charge in [0.2, 0.25) is 11.8 Å². The Bertz CT molecular complexity index is 1420. The smallest absolute Gasteiger partial charge is 0.339 e. The summed E-state index contributed by atoms with van der Waals surface area (Å²) in [6.07, 6.45) is 1.24. The van der Waals surface area contributed by atoms with Crippen molar-refractivity contribution in [2.24, 2.45) is 11.8 Å². The maximum Gasteiger partial charge on any atom is 0.408 e. The minimum absolute atomic E-state index is 0.0137. The zero-order chi connectivity index (χ0) is 30.9. The highest BCUT2D eigenvalue weighted by molar-refractivity contribution is 6.00. The average Bonchev–Trinajstić information content (AvgIpc) is 3.29. The van der Waals surface area contributed by atoms with E-state index in [9.17, 15) is 31.5 Å². The van der Waals surface area contributed by atoms with E-state index in [2.05, 4.69) is 36.4 Å². The lowest BCUT2D eigenvalue weighted by Gasteiger charge is -2.33. The van der Waals surface area contributed by atoms with E-state index >= 15 is 0 Å². The third-order valence-corrected chi connectivity index (χ3v) is 7.82. The molecule has 1 unspecified atom stereocenters. The average molecular weight is 613 g/mol. The van der Waals surface area contributed by atoms with Crippen LogP contribution in [-0.2, 0) is 11.3 Å². The van der Waals surface area contributed by atoms with Gasteiger partial charge in [-0.1, -0.05) is 12.8 Å². The molecule has 43 heavy (non-hydrogen) atoms. The molecule has 2 fully saturated rings. The minimum atomic E-state index is -4.53. The van der Waals surface area contributed by atoms with Crippen molar-refractivity contribution < 1.29 is 31.5 Å². The first-order chi connectivity index (χ1) is 20.3. The highest BCUT2D eigenvalue weighted by Gasteiger charge is 2.41. The molecule has 17 heteroatoms. The van der Waals surface area contributed by atoms with Crippen molar-refractivity contribution in [2.75, 3.05) is 5.32 Å². The van der Waals surface area contributed by atoms with E-state index in [-0.39, 0.29) is 42.0 Å². The number of carbonyl (C=O) groups is 2. The second-order valence-corrected chi connectivity index (χ2v) is 11.6. The van der Waals surface area contributed by atoms with Crippen LogP contribution in [0.15, 0.2) is 24.7 Å². The number of amides is 2. The summed E-state index contributed by atoms with van der Waals surface area (Å²) >= 11 is 0. The third kappa shape index (κ3) is 7.54. The van der Waals surface area contributed by atoms with Gasteiger partial charge >= 0.3 is 6.18 Å². The summed E-state index contributed by atoms with van der Waals surface area (Å²) in [6, 6.07) is -0.481. The molecule has 2 aliphatic rings. The summed E-state index contributed by atoms with van der Waals surface area (Å²) in [7, 11) is 0. The summed E-state index contributed by atoms with van der Waals surface area (Å²) in [6.45, 7) is 2.32. The summed E-state index contributed by atoms with van der Waals surface area (Å²) in [5.41, 5.74) is 0.439. The first kappa shape index (κ1) is 30.5. The molecule has 0 saturated heterocycles. The van der Waals surface area contributed by atoms with Gasteiger partial charge in [-0.25, -0.2) is 13.5 Å². The highest BCUT2D eigenvalue weighted by atomic mass is 19.4.